The van der Waals surface area contributed by atoms with Gasteiger partial charge in [-0.25, -0.2) is 9.97 Å². The van der Waals surface area contributed by atoms with Crippen LogP contribution >= 0.6 is 11.3 Å². The van der Waals surface area contributed by atoms with Crippen LogP contribution in [0, 0.1) is 5.92 Å². The molecule has 29 heavy (non-hydrogen) atoms. The molecule has 0 radical (unpaired) electrons. The number of carbonyl (C=O) groups is 1. The first kappa shape index (κ1) is 18.2. The highest BCUT2D eigenvalue weighted by molar-refractivity contribution is 7.15. The normalized spacial score (nSPS) is 19.0. The van der Waals surface area contributed by atoms with Crippen molar-refractivity contribution in [3.05, 3.63) is 41.4 Å². The van der Waals surface area contributed by atoms with E-state index < -0.39 is 0 Å². The number of hydrogen-bond acceptors (Lipinski definition) is 7. The summed E-state index contributed by atoms with van der Waals surface area (Å²) >= 11 is 1.64. The average Bonchev–Trinajstić information content (AvgIpc) is 3.43. The molecule has 1 fully saturated rings. The lowest BCUT2D eigenvalue weighted by Crippen LogP contribution is -2.41. The largest absolute Gasteiger partial charge is 0.354 e. The van der Waals surface area contributed by atoms with E-state index in [-0.39, 0.29) is 11.8 Å². The van der Waals surface area contributed by atoms with Gasteiger partial charge in [-0.1, -0.05) is 0 Å². The van der Waals surface area contributed by atoms with E-state index in [1.807, 2.05) is 22.9 Å². The summed E-state index contributed by atoms with van der Waals surface area (Å²) in [4.78, 5) is 25.0. The molecular weight excluding hydrogens is 386 g/mol. The van der Waals surface area contributed by atoms with E-state index in [1.54, 1.807) is 23.9 Å². The number of anilines is 2. The Morgan fingerprint density at radius 3 is 2.79 bits per heavy atom. The number of rotatable bonds is 4. The zero-order valence-corrected chi connectivity index (χ0v) is 16.9. The van der Waals surface area contributed by atoms with E-state index in [0.29, 0.717) is 6.54 Å². The number of nitrogens with one attached hydrogen (secondary N) is 1. The Balaban J connectivity index is 1.24. The highest BCUT2D eigenvalue weighted by Gasteiger charge is 2.28. The molecule has 1 N–H and O–H groups in total. The van der Waals surface area contributed by atoms with E-state index in [4.69, 9.17) is 0 Å². The van der Waals surface area contributed by atoms with E-state index in [1.165, 1.54) is 23.4 Å². The van der Waals surface area contributed by atoms with Crippen LogP contribution in [0.25, 0.3) is 5.82 Å². The smallest absolute Gasteiger partial charge is 0.231 e. The van der Waals surface area contributed by atoms with Crippen LogP contribution in [-0.2, 0) is 17.6 Å². The molecule has 0 bridgehead atoms. The molecule has 1 saturated heterocycles. The van der Waals surface area contributed by atoms with Gasteiger partial charge in [0.2, 0.25) is 5.91 Å². The molecule has 0 unspecified atom stereocenters. The predicted molar refractivity (Wildman–Crippen MR) is 111 cm³/mol. The Bertz CT molecular complexity index is 959. The molecule has 3 aromatic heterocycles. The number of fused-ring (bicyclic) bond motifs is 1. The lowest BCUT2D eigenvalue weighted by molar-refractivity contribution is -0.120. The molecule has 5 rings (SSSR count). The molecule has 3 aromatic rings. The summed E-state index contributed by atoms with van der Waals surface area (Å²) in [6.07, 6.45) is 11.6. The fraction of sp³-hybridized carbons (Fsp3) is 0.450. The van der Waals surface area contributed by atoms with Gasteiger partial charge in [0, 0.05) is 30.4 Å². The summed E-state index contributed by atoms with van der Waals surface area (Å²) in [5.41, 5.74) is 1.18. The quantitative estimate of drug-likeness (QED) is 0.713. The van der Waals surface area contributed by atoms with Gasteiger partial charge in [0.25, 0.3) is 0 Å². The van der Waals surface area contributed by atoms with Crippen molar-refractivity contribution in [2.45, 2.75) is 38.5 Å². The van der Waals surface area contributed by atoms with Crippen molar-refractivity contribution in [1.29, 1.82) is 0 Å². The molecule has 1 aliphatic carbocycles. The summed E-state index contributed by atoms with van der Waals surface area (Å²) in [5, 5.41) is 12.5. The Morgan fingerprint density at radius 2 is 2.00 bits per heavy atom. The summed E-state index contributed by atoms with van der Waals surface area (Å²) in [6, 6.07) is 3.88. The molecule has 1 atom stereocenters. The molecule has 0 saturated carbocycles. The van der Waals surface area contributed by atoms with Crippen molar-refractivity contribution in [1.82, 2.24) is 24.7 Å². The minimum atomic E-state index is -0.0696. The first-order valence-electron chi connectivity index (χ1n) is 10.1. The first-order valence-corrected chi connectivity index (χ1v) is 10.9. The van der Waals surface area contributed by atoms with Crippen LogP contribution in [-0.4, -0.2) is 43.7 Å². The second-order valence-electron chi connectivity index (χ2n) is 7.59. The number of piperidine rings is 1. The summed E-state index contributed by atoms with van der Waals surface area (Å²) < 4.78 is 1.82. The number of thiazole rings is 1. The van der Waals surface area contributed by atoms with E-state index in [0.717, 1.165) is 49.0 Å². The zero-order valence-electron chi connectivity index (χ0n) is 16.1. The minimum absolute atomic E-state index is 0.0591. The second-order valence-corrected chi connectivity index (χ2v) is 8.67. The number of nitrogens with zero attached hydrogens (tertiary/aromatic N) is 6. The number of aryl methyl sites for hydroxylation is 2. The lowest BCUT2D eigenvalue weighted by atomic mass is 9.97. The SMILES string of the molecule is O=C(Nc1nc2c(s1)CCCC2)[C@H]1CCCN(c2ccc(-n3ccnc3)nn2)C1. The summed E-state index contributed by atoms with van der Waals surface area (Å²) in [7, 11) is 0. The van der Waals surface area contributed by atoms with Crippen LogP contribution in [0.2, 0.25) is 0 Å². The zero-order chi connectivity index (χ0) is 19.6. The van der Waals surface area contributed by atoms with Crippen molar-refractivity contribution in [2.24, 2.45) is 5.92 Å². The van der Waals surface area contributed by atoms with Gasteiger partial charge < -0.3 is 10.2 Å². The fourth-order valence-corrected chi connectivity index (χ4v) is 5.08. The van der Waals surface area contributed by atoms with Crippen LogP contribution in [0.15, 0.2) is 30.9 Å². The summed E-state index contributed by atoms with van der Waals surface area (Å²) in [5.74, 6) is 1.52. The third-order valence-electron chi connectivity index (χ3n) is 5.60. The van der Waals surface area contributed by atoms with Crippen LogP contribution in [0.4, 0.5) is 10.9 Å². The maximum Gasteiger partial charge on any atom is 0.231 e. The number of aromatic nitrogens is 5. The number of amides is 1. The Labute approximate surface area is 173 Å². The lowest BCUT2D eigenvalue weighted by Gasteiger charge is -2.32. The van der Waals surface area contributed by atoms with Crippen molar-refractivity contribution in [3.63, 3.8) is 0 Å². The van der Waals surface area contributed by atoms with Gasteiger partial charge in [-0.3, -0.25) is 9.36 Å². The average molecular weight is 410 g/mol. The molecule has 0 spiro atoms. The van der Waals surface area contributed by atoms with Crippen molar-refractivity contribution < 1.29 is 4.79 Å². The Hall–Kier alpha value is -2.81. The Kier molecular flexibility index (Phi) is 4.97. The van der Waals surface area contributed by atoms with Gasteiger partial charge in [-0.15, -0.1) is 21.5 Å². The van der Waals surface area contributed by atoms with Crippen LogP contribution < -0.4 is 10.2 Å². The van der Waals surface area contributed by atoms with E-state index in [2.05, 4.69) is 30.4 Å². The van der Waals surface area contributed by atoms with E-state index in [9.17, 15) is 4.79 Å². The van der Waals surface area contributed by atoms with Crippen molar-refractivity contribution in [2.75, 3.05) is 23.3 Å². The van der Waals surface area contributed by atoms with Crippen LogP contribution in [0.1, 0.15) is 36.3 Å². The molecule has 4 heterocycles. The highest BCUT2D eigenvalue weighted by Crippen LogP contribution is 2.30. The Morgan fingerprint density at radius 1 is 1.14 bits per heavy atom. The first-order chi connectivity index (χ1) is 14.3. The number of hydrogen-bond donors (Lipinski definition) is 1. The highest BCUT2D eigenvalue weighted by atomic mass is 32.1. The molecule has 0 aromatic carbocycles. The minimum Gasteiger partial charge on any atom is -0.354 e. The van der Waals surface area contributed by atoms with Gasteiger partial charge in [0.15, 0.2) is 16.8 Å². The van der Waals surface area contributed by atoms with Gasteiger partial charge in [0.1, 0.15) is 6.33 Å². The predicted octanol–water partition coefficient (Wildman–Crippen LogP) is 2.85. The number of imidazole rings is 1. The third-order valence-corrected chi connectivity index (χ3v) is 6.67. The molecule has 1 aliphatic heterocycles. The van der Waals surface area contributed by atoms with E-state index >= 15 is 0 Å². The van der Waals surface area contributed by atoms with Gasteiger partial charge in [-0.2, -0.15) is 0 Å². The third kappa shape index (κ3) is 3.87. The topological polar surface area (TPSA) is 88.8 Å². The monoisotopic (exact) mass is 409 g/mol. The molecule has 150 valence electrons. The van der Waals surface area contributed by atoms with Gasteiger partial charge >= 0.3 is 0 Å². The molecule has 8 nitrogen and oxygen atoms in total. The van der Waals surface area contributed by atoms with Crippen LogP contribution in [0.3, 0.4) is 0 Å². The molecule has 1 amide bonds. The molecule has 2 aliphatic rings. The van der Waals surface area contributed by atoms with Crippen molar-refractivity contribution >= 4 is 28.2 Å². The molecule has 9 heteroatoms. The summed E-state index contributed by atoms with van der Waals surface area (Å²) in [6.45, 7) is 1.53. The standard InChI is InChI=1S/C20H23N7OS/c28-19(23-20-22-15-5-1-2-6-16(15)29-20)14-4-3-10-26(12-14)17-7-8-18(25-24-17)27-11-9-21-13-27/h7-9,11,13-14H,1-6,10,12H2,(H,22,23,28)/t14-/m0/s1. The fourth-order valence-electron chi connectivity index (χ4n) is 4.03. The van der Waals surface area contributed by atoms with Crippen LogP contribution in [0.5, 0.6) is 0 Å². The molecular formula is C20H23N7OS. The van der Waals surface area contributed by atoms with Gasteiger partial charge in [0.05, 0.1) is 11.6 Å². The second kappa shape index (κ2) is 7.90. The maximum absolute atomic E-state index is 12.8. The maximum atomic E-state index is 12.8. The van der Waals surface area contributed by atoms with Crippen molar-refractivity contribution in [3.8, 4) is 5.82 Å². The number of carbonyl (C=O) groups excluding carboxylic acids is 1. The van der Waals surface area contributed by atoms with Gasteiger partial charge in [-0.05, 0) is 50.7 Å².